The van der Waals surface area contributed by atoms with E-state index < -0.39 is 0 Å². The van der Waals surface area contributed by atoms with Crippen molar-refractivity contribution in [3.05, 3.63) is 98.6 Å². The van der Waals surface area contributed by atoms with Crippen LogP contribution in [0.25, 0.3) is 16.9 Å². The number of carbonyl (C=O) groups is 1. The van der Waals surface area contributed by atoms with E-state index in [2.05, 4.69) is 32.0 Å². The topological polar surface area (TPSA) is 34.9 Å². The molecular formula is C25H19Cl3N2OS. The Kier molecular flexibility index (Phi) is 6.96. The molecule has 0 radical (unpaired) electrons. The molecule has 0 saturated carbocycles. The van der Waals surface area contributed by atoms with Gasteiger partial charge in [0.2, 0.25) is 0 Å². The number of imidazole rings is 1. The first-order valence-corrected chi connectivity index (χ1v) is 12.0. The summed E-state index contributed by atoms with van der Waals surface area (Å²) in [6.07, 6.45) is 2.00. The minimum Gasteiger partial charge on any atom is -0.294 e. The maximum Gasteiger partial charge on any atom is 0.173 e. The normalized spacial score (nSPS) is 11.0. The molecule has 4 aromatic rings. The van der Waals surface area contributed by atoms with E-state index >= 15 is 0 Å². The molecule has 7 heteroatoms. The van der Waals surface area contributed by atoms with Crippen molar-refractivity contribution in [3.8, 4) is 16.9 Å². The zero-order valence-electron chi connectivity index (χ0n) is 17.4. The molecule has 1 aromatic heterocycles. The van der Waals surface area contributed by atoms with Crippen molar-refractivity contribution in [2.24, 2.45) is 0 Å². The Morgan fingerprint density at radius 3 is 2.41 bits per heavy atom. The van der Waals surface area contributed by atoms with E-state index in [-0.39, 0.29) is 11.5 Å². The molecule has 1 heterocycles. The van der Waals surface area contributed by atoms with E-state index in [9.17, 15) is 4.79 Å². The lowest BCUT2D eigenvalue weighted by atomic mass is 10.1. The number of benzene rings is 3. The van der Waals surface area contributed by atoms with Gasteiger partial charge in [0.1, 0.15) is 0 Å². The Morgan fingerprint density at radius 1 is 0.938 bits per heavy atom. The molecule has 0 bridgehead atoms. The lowest BCUT2D eigenvalue weighted by Crippen LogP contribution is -2.05. The van der Waals surface area contributed by atoms with Crippen LogP contribution in [0.15, 0.2) is 72.0 Å². The van der Waals surface area contributed by atoms with Crippen LogP contribution in [0.2, 0.25) is 15.1 Å². The van der Waals surface area contributed by atoms with Gasteiger partial charge in [-0.15, -0.1) is 0 Å². The highest BCUT2D eigenvalue weighted by Gasteiger charge is 2.16. The third-order valence-corrected chi connectivity index (χ3v) is 6.96. The standard InChI is InChI=1S/C25H19Cl3N2OS/c1-15-3-4-16(2)23(11-15)30-13-22(17-5-8-19(26)9-6-17)29-25(30)32-14-24(31)18-7-10-20(27)21(28)12-18/h3-13H,14H2,1-2H3. The highest BCUT2D eigenvalue weighted by Crippen LogP contribution is 2.30. The number of Topliss-reactive ketones (excluding diaryl/α,β-unsaturated/α-hetero) is 1. The van der Waals surface area contributed by atoms with Gasteiger partial charge in [-0.3, -0.25) is 9.36 Å². The fourth-order valence-electron chi connectivity index (χ4n) is 3.26. The van der Waals surface area contributed by atoms with Gasteiger partial charge in [-0.05, 0) is 61.4 Å². The lowest BCUT2D eigenvalue weighted by Gasteiger charge is -2.11. The zero-order valence-corrected chi connectivity index (χ0v) is 20.5. The monoisotopic (exact) mass is 500 g/mol. The van der Waals surface area contributed by atoms with Gasteiger partial charge >= 0.3 is 0 Å². The van der Waals surface area contributed by atoms with E-state index in [1.165, 1.54) is 11.8 Å². The van der Waals surface area contributed by atoms with Gasteiger partial charge in [0, 0.05) is 22.3 Å². The molecule has 3 aromatic carbocycles. The first-order chi connectivity index (χ1) is 15.3. The molecule has 162 valence electrons. The van der Waals surface area contributed by atoms with E-state index in [1.807, 2.05) is 35.0 Å². The van der Waals surface area contributed by atoms with Crippen LogP contribution < -0.4 is 0 Å². The van der Waals surface area contributed by atoms with E-state index in [0.717, 1.165) is 33.2 Å². The molecule has 0 unspecified atom stereocenters. The van der Waals surface area contributed by atoms with Gasteiger partial charge in [-0.2, -0.15) is 0 Å². The van der Waals surface area contributed by atoms with Crippen molar-refractivity contribution < 1.29 is 4.79 Å². The first-order valence-electron chi connectivity index (χ1n) is 9.86. The largest absolute Gasteiger partial charge is 0.294 e. The van der Waals surface area contributed by atoms with Crippen LogP contribution in [-0.4, -0.2) is 21.1 Å². The first kappa shape index (κ1) is 22.9. The average molecular weight is 502 g/mol. The summed E-state index contributed by atoms with van der Waals surface area (Å²) in [6.45, 7) is 4.12. The van der Waals surface area contributed by atoms with Crippen molar-refractivity contribution in [2.45, 2.75) is 19.0 Å². The van der Waals surface area contributed by atoms with Gasteiger partial charge < -0.3 is 0 Å². The molecule has 0 spiro atoms. The van der Waals surface area contributed by atoms with Gasteiger partial charge in [0.05, 0.1) is 27.2 Å². The Bertz CT molecular complexity index is 1300. The highest BCUT2D eigenvalue weighted by molar-refractivity contribution is 7.99. The lowest BCUT2D eigenvalue weighted by molar-refractivity contribution is 0.102. The summed E-state index contributed by atoms with van der Waals surface area (Å²) in [5.74, 6) is 0.178. The van der Waals surface area contributed by atoms with Crippen molar-refractivity contribution in [3.63, 3.8) is 0 Å². The minimum atomic E-state index is -0.0443. The Labute approximate surface area is 206 Å². The summed E-state index contributed by atoms with van der Waals surface area (Å²) < 4.78 is 2.04. The van der Waals surface area contributed by atoms with Gasteiger partial charge in [0.25, 0.3) is 0 Å². The molecule has 0 amide bonds. The van der Waals surface area contributed by atoms with Crippen molar-refractivity contribution >= 4 is 52.3 Å². The summed E-state index contributed by atoms with van der Waals surface area (Å²) in [6, 6.07) is 18.8. The molecule has 0 N–H and O–H groups in total. The molecule has 0 atom stereocenters. The molecule has 0 saturated heterocycles. The quantitative estimate of drug-likeness (QED) is 0.198. The summed E-state index contributed by atoms with van der Waals surface area (Å²) in [5, 5.41) is 2.19. The number of nitrogens with zero attached hydrogens (tertiary/aromatic N) is 2. The van der Waals surface area contributed by atoms with Crippen LogP contribution in [0.4, 0.5) is 0 Å². The third kappa shape index (κ3) is 5.05. The minimum absolute atomic E-state index is 0.0443. The summed E-state index contributed by atoms with van der Waals surface area (Å²) >= 11 is 19.5. The van der Waals surface area contributed by atoms with Gasteiger partial charge in [-0.1, -0.05) is 70.8 Å². The summed E-state index contributed by atoms with van der Waals surface area (Å²) in [5.41, 5.74) is 5.59. The Balaban J connectivity index is 1.69. The molecule has 32 heavy (non-hydrogen) atoms. The van der Waals surface area contributed by atoms with Crippen molar-refractivity contribution in [1.82, 2.24) is 9.55 Å². The van der Waals surface area contributed by atoms with E-state index in [0.29, 0.717) is 20.6 Å². The summed E-state index contributed by atoms with van der Waals surface area (Å²) in [7, 11) is 0. The number of carbonyl (C=O) groups excluding carboxylic acids is 1. The molecule has 4 rings (SSSR count). The van der Waals surface area contributed by atoms with Crippen molar-refractivity contribution in [2.75, 3.05) is 5.75 Å². The maximum absolute atomic E-state index is 12.8. The summed E-state index contributed by atoms with van der Waals surface area (Å²) in [4.78, 5) is 17.6. The smallest absolute Gasteiger partial charge is 0.173 e. The zero-order chi connectivity index (χ0) is 22.8. The van der Waals surface area contributed by atoms with Gasteiger partial charge in [0.15, 0.2) is 10.9 Å². The number of ketones is 1. The second kappa shape index (κ2) is 9.72. The molecule has 0 aliphatic rings. The highest BCUT2D eigenvalue weighted by atomic mass is 35.5. The van der Waals surface area contributed by atoms with Crippen LogP contribution in [0, 0.1) is 13.8 Å². The predicted octanol–water partition coefficient (Wildman–Crippen LogP) is 8.09. The Morgan fingerprint density at radius 2 is 1.69 bits per heavy atom. The Hall–Kier alpha value is -2.24. The van der Waals surface area contributed by atoms with Crippen LogP contribution in [-0.2, 0) is 0 Å². The third-order valence-electron chi connectivity index (χ3n) is 5.01. The average Bonchev–Trinajstić information content (AvgIpc) is 3.20. The number of halogens is 3. The molecule has 3 nitrogen and oxygen atoms in total. The molecular weight excluding hydrogens is 483 g/mol. The van der Waals surface area contributed by atoms with Gasteiger partial charge in [-0.25, -0.2) is 4.98 Å². The number of aryl methyl sites for hydroxylation is 2. The second-order valence-corrected chi connectivity index (χ2v) is 9.61. The molecule has 0 fully saturated rings. The maximum atomic E-state index is 12.8. The fourth-order valence-corrected chi connectivity index (χ4v) is 4.56. The second-order valence-electron chi connectivity index (χ2n) is 7.42. The predicted molar refractivity (Wildman–Crippen MR) is 135 cm³/mol. The number of hydrogen-bond donors (Lipinski definition) is 0. The molecule has 0 aliphatic carbocycles. The van der Waals surface area contributed by atoms with Crippen LogP contribution in [0.5, 0.6) is 0 Å². The van der Waals surface area contributed by atoms with Crippen molar-refractivity contribution in [1.29, 1.82) is 0 Å². The number of thioether (sulfide) groups is 1. The number of rotatable bonds is 6. The molecule has 0 aliphatic heterocycles. The van der Waals surface area contributed by atoms with E-state index in [4.69, 9.17) is 39.8 Å². The number of hydrogen-bond acceptors (Lipinski definition) is 3. The SMILES string of the molecule is Cc1ccc(C)c(-n2cc(-c3ccc(Cl)cc3)nc2SCC(=O)c2ccc(Cl)c(Cl)c2)c1. The van der Waals surface area contributed by atoms with E-state index in [1.54, 1.807) is 18.2 Å². The van der Waals surface area contributed by atoms with Crippen LogP contribution in [0.3, 0.4) is 0 Å². The van der Waals surface area contributed by atoms with Crippen LogP contribution in [0.1, 0.15) is 21.5 Å². The van der Waals surface area contributed by atoms with Crippen LogP contribution >= 0.6 is 46.6 Å². The number of aromatic nitrogens is 2. The fraction of sp³-hybridized carbons (Fsp3) is 0.120.